The van der Waals surface area contributed by atoms with E-state index in [2.05, 4.69) is 5.32 Å². The van der Waals surface area contributed by atoms with Crippen LogP contribution in [-0.4, -0.2) is 29.8 Å². The van der Waals surface area contributed by atoms with Crippen LogP contribution in [0.1, 0.15) is 43.9 Å². The van der Waals surface area contributed by atoms with E-state index in [1.807, 2.05) is 38.1 Å². The number of amides is 1. The van der Waals surface area contributed by atoms with Gasteiger partial charge in [-0.05, 0) is 30.4 Å². The lowest BCUT2D eigenvalue weighted by atomic mass is 9.92. The van der Waals surface area contributed by atoms with Gasteiger partial charge in [-0.2, -0.15) is 0 Å². The second kappa shape index (κ2) is 6.37. The third-order valence-corrected chi connectivity index (χ3v) is 4.28. The molecule has 4 heteroatoms. The number of ether oxygens (including phenoxy) is 1. The fourth-order valence-electron chi connectivity index (χ4n) is 2.63. The van der Waals surface area contributed by atoms with Crippen LogP contribution < -0.4 is 5.32 Å². The maximum Gasteiger partial charge on any atom is 0.254 e. The van der Waals surface area contributed by atoms with Crippen LogP contribution in [-0.2, 0) is 16.0 Å². The highest BCUT2D eigenvalue weighted by atomic mass is 16.5. The first-order valence-electron chi connectivity index (χ1n) is 7.28. The van der Waals surface area contributed by atoms with Crippen molar-refractivity contribution in [1.29, 1.82) is 0 Å². The first-order valence-corrected chi connectivity index (χ1v) is 7.28. The van der Waals surface area contributed by atoms with E-state index in [1.165, 1.54) is 5.56 Å². The molecule has 0 saturated heterocycles. The van der Waals surface area contributed by atoms with Gasteiger partial charge in [0, 0.05) is 0 Å². The van der Waals surface area contributed by atoms with Gasteiger partial charge < -0.3 is 15.2 Å². The summed E-state index contributed by atoms with van der Waals surface area (Å²) in [5.41, 5.74) is 1.56. The Balaban J connectivity index is 2.19. The number of hydrogen-bond acceptors (Lipinski definition) is 3. The normalized spacial score (nSPS) is 18.4. The molecule has 0 fully saturated rings. The zero-order valence-corrected chi connectivity index (χ0v) is 12.2. The van der Waals surface area contributed by atoms with Gasteiger partial charge in [0.15, 0.2) is 6.10 Å². The Labute approximate surface area is 120 Å². The molecule has 0 aliphatic carbocycles. The molecule has 1 atom stereocenters. The van der Waals surface area contributed by atoms with Crippen molar-refractivity contribution in [3.05, 3.63) is 35.4 Å². The Morgan fingerprint density at radius 2 is 2.10 bits per heavy atom. The molecule has 0 saturated carbocycles. The Morgan fingerprint density at radius 1 is 1.40 bits per heavy atom. The van der Waals surface area contributed by atoms with E-state index in [0.29, 0.717) is 19.4 Å². The van der Waals surface area contributed by atoms with Crippen molar-refractivity contribution in [3.8, 4) is 0 Å². The highest BCUT2D eigenvalue weighted by Gasteiger charge is 2.33. The minimum Gasteiger partial charge on any atom is -0.394 e. The minimum absolute atomic E-state index is 0.0554. The molecular formula is C16H23NO3. The topological polar surface area (TPSA) is 58.6 Å². The van der Waals surface area contributed by atoms with Crippen LogP contribution in [0.2, 0.25) is 0 Å². The number of carbonyl (C=O) groups is 1. The zero-order valence-electron chi connectivity index (χ0n) is 12.2. The third kappa shape index (κ3) is 2.86. The molecule has 1 aliphatic heterocycles. The summed E-state index contributed by atoms with van der Waals surface area (Å²) in [5, 5.41) is 12.5. The molecule has 20 heavy (non-hydrogen) atoms. The van der Waals surface area contributed by atoms with Crippen molar-refractivity contribution in [2.75, 3.05) is 13.2 Å². The van der Waals surface area contributed by atoms with Gasteiger partial charge in [0.05, 0.1) is 18.8 Å². The Bertz CT molecular complexity index is 460. The van der Waals surface area contributed by atoms with E-state index in [9.17, 15) is 9.90 Å². The van der Waals surface area contributed by atoms with E-state index in [1.54, 1.807) is 0 Å². The molecule has 1 aliphatic rings. The molecule has 1 amide bonds. The highest BCUT2D eigenvalue weighted by molar-refractivity contribution is 5.83. The van der Waals surface area contributed by atoms with E-state index in [-0.39, 0.29) is 12.5 Å². The molecule has 1 aromatic rings. The summed E-state index contributed by atoms with van der Waals surface area (Å²) in [7, 11) is 0. The minimum atomic E-state index is -0.566. The number of rotatable bonds is 5. The summed E-state index contributed by atoms with van der Waals surface area (Å²) in [5.74, 6) is -0.157. The summed E-state index contributed by atoms with van der Waals surface area (Å²) < 4.78 is 5.65. The first-order chi connectivity index (χ1) is 9.65. The molecule has 0 aromatic heterocycles. The van der Waals surface area contributed by atoms with E-state index >= 15 is 0 Å². The van der Waals surface area contributed by atoms with E-state index in [4.69, 9.17) is 4.74 Å². The van der Waals surface area contributed by atoms with Gasteiger partial charge in [0.1, 0.15) is 0 Å². The summed E-state index contributed by atoms with van der Waals surface area (Å²) >= 11 is 0. The molecule has 110 valence electrons. The molecular weight excluding hydrogens is 254 g/mol. The molecule has 4 nitrogen and oxygen atoms in total. The van der Waals surface area contributed by atoms with Crippen molar-refractivity contribution < 1.29 is 14.6 Å². The second-order valence-corrected chi connectivity index (χ2v) is 5.33. The SMILES string of the molecule is CCC(CC)(CO)NC(=O)C1OCCc2ccccc21. The number of aliphatic hydroxyl groups is 1. The average molecular weight is 277 g/mol. The Kier molecular flexibility index (Phi) is 4.78. The maximum atomic E-state index is 12.5. The van der Waals surface area contributed by atoms with Gasteiger partial charge in [-0.1, -0.05) is 38.1 Å². The van der Waals surface area contributed by atoms with Gasteiger partial charge in [-0.15, -0.1) is 0 Å². The van der Waals surface area contributed by atoms with Crippen LogP contribution >= 0.6 is 0 Å². The maximum absolute atomic E-state index is 12.5. The Morgan fingerprint density at radius 3 is 2.75 bits per heavy atom. The van der Waals surface area contributed by atoms with E-state index in [0.717, 1.165) is 12.0 Å². The lowest BCUT2D eigenvalue weighted by Gasteiger charge is -2.34. The average Bonchev–Trinajstić information content (AvgIpc) is 2.52. The fourth-order valence-corrected chi connectivity index (χ4v) is 2.63. The second-order valence-electron chi connectivity index (χ2n) is 5.33. The highest BCUT2D eigenvalue weighted by Crippen LogP contribution is 2.28. The van der Waals surface area contributed by atoms with Crippen molar-refractivity contribution in [3.63, 3.8) is 0 Å². The van der Waals surface area contributed by atoms with Crippen molar-refractivity contribution in [1.82, 2.24) is 5.32 Å². The summed E-state index contributed by atoms with van der Waals surface area (Å²) in [6.07, 6.45) is 1.66. The van der Waals surface area contributed by atoms with Crippen LogP contribution in [0.15, 0.2) is 24.3 Å². The summed E-state index contributed by atoms with van der Waals surface area (Å²) in [4.78, 5) is 12.5. The molecule has 0 spiro atoms. The molecule has 0 bridgehead atoms. The van der Waals surface area contributed by atoms with E-state index < -0.39 is 11.6 Å². The van der Waals surface area contributed by atoms with Crippen LogP contribution in [0, 0.1) is 0 Å². The lowest BCUT2D eigenvalue weighted by molar-refractivity contribution is -0.137. The number of carbonyl (C=O) groups excluding carboxylic acids is 1. The van der Waals surface area contributed by atoms with Gasteiger partial charge in [0.2, 0.25) is 0 Å². The third-order valence-electron chi connectivity index (χ3n) is 4.28. The number of benzene rings is 1. The first kappa shape index (κ1) is 15.0. The van der Waals surface area contributed by atoms with Crippen molar-refractivity contribution >= 4 is 5.91 Å². The Hall–Kier alpha value is -1.39. The molecule has 2 rings (SSSR count). The van der Waals surface area contributed by atoms with Crippen LogP contribution in [0.3, 0.4) is 0 Å². The number of nitrogens with one attached hydrogen (secondary N) is 1. The molecule has 1 aromatic carbocycles. The van der Waals surface area contributed by atoms with Crippen LogP contribution in [0.5, 0.6) is 0 Å². The lowest BCUT2D eigenvalue weighted by Crippen LogP contribution is -2.52. The van der Waals surface area contributed by atoms with Crippen LogP contribution in [0.25, 0.3) is 0 Å². The number of aliphatic hydroxyl groups excluding tert-OH is 1. The van der Waals surface area contributed by atoms with Crippen molar-refractivity contribution in [2.45, 2.75) is 44.8 Å². The molecule has 1 heterocycles. The summed E-state index contributed by atoms with van der Waals surface area (Å²) in [6.45, 7) is 4.44. The largest absolute Gasteiger partial charge is 0.394 e. The van der Waals surface area contributed by atoms with Crippen molar-refractivity contribution in [2.24, 2.45) is 0 Å². The monoisotopic (exact) mass is 277 g/mol. The quantitative estimate of drug-likeness (QED) is 0.865. The van der Waals surface area contributed by atoms with Crippen LogP contribution in [0.4, 0.5) is 0 Å². The van der Waals surface area contributed by atoms with Gasteiger partial charge in [-0.25, -0.2) is 0 Å². The number of hydrogen-bond donors (Lipinski definition) is 2. The zero-order chi connectivity index (χ0) is 14.6. The smallest absolute Gasteiger partial charge is 0.254 e. The van der Waals surface area contributed by atoms with Gasteiger partial charge in [-0.3, -0.25) is 4.79 Å². The summed E-state index contributed by atoms with van der Waals surface area (Å²) in [6, 6.07) is 7.89. The predicted molar refractivity (Wildman–Crippen MR) is 77.4 cm³/mol. The standard InChI is InChI=1S/C16H23NO3/c1-3-16(4-2,11-18)17-15(19)14-13-8-6-5-7-12(13)9-10-20-14/h5-8,14,18H,3-4,9-11H2,1-2H3,(H,17,19). The fraction of sp³-hybridized carbons (Fsp3) is 0.562. The molecule has 2 N–H and O–H groups in total. The van der Waals surface area contributed by atoms with Gasteiger partial charge in [0.25, 0.3) is 5.91 Å². The molecule has 0 radical (unpaired) electrons. The number of fused-ring (bicyclic) bond motifs is 1. The predicted octanol–water partition coefficient (Wildman–Crippen LogP) is 1.97. The van der Waals surface area contributed by atoms with Gasteiger partial charge >= 0.3 is 0 Å². The molecule has 1 unspecified atom stereocenters.